The third-order valence-corrected chi connectivity index (χ3v) is 4.79. The van der Waals surface area contributed by atoms with Gasteiger partial charge in [-0.3, -0.25) is 4.79 Å². The highest BCUT2D eigenvalue weighted by Gasteiger charge is 2.21. The van der Waals surface area contributed by atoms with Crippen LogP contribution in [-0.4, -0.2) is 24.2 Å². The predicted molar refractivity (Wildman–Crippen MR) is 133 cm³/mol. The second-order valence-corrected chi connectivity index (χ2v) is 7.54. The number of benzene rings is 2. The zero-order chi connectivity index (χ0) is 23.7. The molecule has 0 aliphatic carbocycles. The molecular weight excluding hydrogens is 398 g/mol. The third kappa shape index (κ3) is 11.4. The molecule has 2 rings (SSSR count). The highest BCUT2D eigenvalue weighted by Crippen LogP contribution is 2.23. The van der Waals surface area contributed by atoms with E-state index in [0.717, 1.165) is 30.6 Å². The van der Waals surface area contributed by atoms with Crippen molar-refractivity contribution in [3.63, 3.8) is 0 Å². The minimum Gasteiger partial charge on any atom is -0.458 e. The summed E-state index contributed by atoms with van der Waals surface area (Å²) in [5.74, 6) is -0.227. The predicted octanol–water partition coefficient (Wildman–Crippen LogP) is 5.87. The molecule has 0 amide bonds. The number of hydrogen-bond acceptors (Lipinski definition) is 4. The first-order valence-corrected chi connectivity index (χ1v) is 11.1. The van der Waals surface area contributed by atoms with Gasteiger partial charge in [0.15, 0.2) is 0 Å². The number of nitrogens with one attached hydrogen (secondary N) is 1. The summed E-state index contributed by atoms with van der Waals surface area (Å²) >= 11 is 0. The minimum atomic E-state index is -0.719. The molecule has 4 nitrogen and oxygen atoms in total. The number of hydrogen-bond donors (Lipinski definition) is 2. The average Bonchev–Trinajstić information content (AvgIpc) is 2.80. The van der Waals surface area contributed by atoms with Crippen molar-refractivity contribution in [2.24, 2.45) is 0 Å². The summed E-state index contributed by atoms with van der Waals surface area (Å²) in [5.41, 5.74) is 1.27. The van der Waals surface area contributed by atoms with Crippen molar-refractivity contribution in [1.29, 1.82) is 0 Å². The second-order valence-electron chi connectivity index (χ2n) is 7.54. The Labute approximate surface area is 193 Å². The molecule has 2 aromatic rings. The monoisotopic (exact) mass is 435 g/mol. The SMILES string of the molecule is C=C/C=C\C=C\CC(=O)OC(C)c1ccccc1.CCNCCC(C)(O)c1ccccc1. The molecule has 4 heteroatoms. The molecule has 2 atom stereocenters. The van der Waals surface area contributed by atoms with Gasteiger partial charge in [0.2, 0.25) is 0 Å². The highest BCUT2D eigenvalue weighted by atomic mass is 16.5. The first kappa shape index (κ1) is 27.1. The van der Waals surface area contributed by atoms with Crippen LogP contribution in [0, 0.1) is 0 Å². The van der Waals surface area contributed by atoms with Crippen molar-refractivity contribution in [1.82, 2.24) is 5.32 Å². The van der Waals surface area contributed by atoms with Crippen molar-refractivity contribution in [2.75, 3.05) is 13.1 Å². The van der Waals surface area contributed by atoms with E-state index in [1.54, 1.807) is 24.3 Å². The van der Waals surface area contributed by atoms with E-state index < -0.39 is 5.60 Å². The molecule has 0 bridgehead atoms. The maximum atomic E-state index is 11.5. The van der Waals surface area contributed by atoms with E-state index in [-0.39, 0.29) is 18.5 Å². The van der Waals surface area contributed by atoms with Gasteiger partial charge in [-0.2, -0.15) is 0 Å². The Morgan fingerprint density at radius 3 is 2.31 bits per heavy atom. The molecule has 32 heavy (non-hydrogen) atoms. The Balaban J connectivity index is 0.000000330. The van der Waals surface area contributed by atoms with Gasteiger partial charge in [0.25, 0.3) is 0 Å². The van der Waals surface area contributed by atoms with Crippen molar-refractivity contribution in [3.05, 3.63) is 109 Å². The van der Waals surface area contributed by atoms with Crippen molar-refractivity contribution in [2.45, 2.75) is 45.3 Å². The van der Waals surface area contributed by atoms with Crippen LogP contribution in [0.15, 0.2) is 97.6 Å². The van der Waals surface area contributed by atoms with E-state index >= 15 is 0 Å². The Kier molecular flexibility index (Phi) is 13.4. The van der Waals surface area contributed by atoms with Gasteiger partial charge in [-0.05, 0) is 44.5 Å². The summed E-state index contributed by atoms with van der Waals surface area (Å²) in [7, 11) is 0. The molecule has 2 aromatic carbocycles. The Morgan fingerprint density at radius 2 is 1.72 bits per heavy atom. The molecule has 0 aliphatic heterocycles. The van der Waals surface area contributed by atoms with Gasteiger partial charge < -0.3 is 15.2 Å². The van der Waals surface area contributed by atoms with E-state index in [9.17, 15) is 9.90 Å². The number of esters is 1. The van der Waals surface area contributed by atoms with Gasteiger partial charge in [-0.1, -0.05) is 105 Å². The molecule has 0 heterocycles. The van der Waals surface area contributed by atoms with Crippen LogP contribution < -0.4 is 5.32 Å². The molecule has 172 valence electrons. The number of rotatable bonds is 11. The normalized spacial score (nSPS) is 13.8. The van der Waals surface area contributed by atoms with Gasteiger partial charge >= 0.3 is 5.97 Å². The van der Waals surface area contributed by atoms with E-state index in [1.165, 1.54) is 0 Å². The Morgan fingerprint density at radius 1 is 1.09 bits per heavy atom. The largest absolute Gasteiger partial charge is 0.458 e. The molecule has 0 spiro atoms. The first-order valence-electron chi connectivity index (χ1n) is 11.1. The summed E-state index contributed by atoms with van der Waals surface area (Å²) in [6, 6.07) is 19.5. The van der Waals surface area contributed by atoms with Crippen molar-refractivity contribution in [3.8, 4) is 0 Å². The van der Waals surface area contributed by atoms with Crippen LogP contribution in [0.4, 0.5) is 0 Å². The fraction of sp³-hybridized carbons (Fsp3) is 0.321. The average molecular weight is 436 g/mol. The van der Waals surface area contributed by atoms with Crippen LogP contribution in [-0.2, 0) is 15.1 Å². The van der Waals surface area contributed by atoms with Crippen LogP contribution in [0.5, 0.6) is 0 Å². The molecule has 0 aliphatic rings. The van der Waals surface area contributed by atoms with Gasteiger partial charge in [-0.15, -0.1) is 0 Å². The quantitative estimate of drug-likeness (QED) is 0.263. The summed E-state index contributed by atoms with van der Waals surface area (Å²) in [5, 5.41) is 13.4. The highest BCUT2D eigenvalue weighted by molar-refractivity contribution is 5.71. The molecule has 0 saturated carbocycles. The summed E-state index contributed by atoms with van der Waals surface area (Å²) in [4.78, 5) is 11.5. The van der Waals surface area contributed by atoms with E-state index in [1.807, 2.05) is 80.6 Å². The lowest BCUT2D eigenvalue weighted by Crippen LogP contribution is -2.27. The third-order valence-electron chi connectivity index (χ3n) is 4.79. The van der Waals surface area contributed by atoms with Crippen molar-refractivity contribution < 1.29 is 14.6 Å². The zero-order valence-corrected chi connectivity index (χ0v) is 19.5. The number of carbonyl (C=O) groups is 1. The fourth-order valence-electron chi connectivity index (χ4n) is 2.87. The molecule has 2 unspecified atom stereocenters. The van der Waals surface area contributed by atoms with Crippen LogP contribution >= 0.6 is 0 Å². The molecule has 0 saturated heterocycles. The summed E-state index contributed by atoms with van der Waals surface area (Å²) in [6.07, 6.45) is 9.67. The maximum Gasteiger partial charge on any atom is 0.310 e. The number of ether oxygens (including phenoxy) is 1. The van der Waals surface area contributed by atoms with E-state index in [4.69, 9.17) is 4.74 Å². The smallest absolute Gasteiger partial charge is 0.310 e. The fourth-order valence-corrected chi connectivity index (χ4v) is 2.87. The first-order chi connectivity index (χ1) is 15.4. The summed E-state index contributed by atoms with van der Waals surface area (Å²) in [6.45, 7) is 11.1. The molecule has 0 aromatic heterocycles. The topological polar surface area (TPSA) is 58.6 Å². The van der Waals surface area contributed by atoms with Crippen LogP contribution in [0.1, 0.15) is 50.8 Å². The molecule has 2 N–H and O–H groups in total. The van der Waals surface area contributed by atoms with Gasteiger partial charge in [0.05, 0.1) is 12.0 Å². The number of aliphatic hydroxyl groups is 1. The van der Waals surface area contributed by atoms with Crippen molar-refractivity contribution >= 4 is 5.97 Å². The second kappa shape index (κ2) is 15.8. The Hall–Kier alpha value is -2.95. The van der Waals surface area contributed by atoms with Crippen LogP contribution in [0.25, 0.3) is 0 Å². The number of allylic oxidation sites excluding steroid dienone is 4. The lowest BCUT2D eigenvalue weighted by Gasteiger charge is -2.23. The van der Waals surface area contributed by atoms with Crippen LogP contribution in [0.3, 0.4) is 0 Å². The molecule has 0 fully saturated rings. The van der Waals surface area contributed by atoms with Gasteiger partial charge in [0, 0.05) is 0 Å². The van der Waals surface area contributed by atoms with E-state index in [0.29, 0.717) is 0 Å². The summed E-state index contributed by atoms with van der Waals surface area (Å²) < 4.78 is 5.31. The van der Waals surface area contributed by atoms with Gasteiger partial charge in [-0.25, -0.2) is 0 Å². The lowest BCUT2D eigenvalue weighted by atomic mass is 9.93. The zero-order valence-electron chi connectivity index (χ0n) is 19.5. The molecule has 0 radical (unpaired) electrons. The Bertz CT molecular complexity index is 826. The lowest BCUT2D eigenvalue weighted by molar-refractivity contribution is -0.147. The standard InChI is InChI=1S/C16H18O2.C12H19NO/c1-3-4-5-6-10-13-16(17)18-14(2)15-11-8-7-9-12-15;1-3-13-10-9-12(2,14)11-7-5-4-6-8-11/h3-12,14H,1,13H2,2H3;4-8,13-14H,3,9-10H2,1-2H3/b5-4-,10-6+;. The molecular formula is C28H37NO3. The van der Waals surface area contributed by atoms with Gasteiger partial charge in [0.1, 0.15) is 6.10 Å². The van der Waals surface area contributed by atoms with Crippen LogP contribution in [0.2, 0.25) is 0 Å². The number of carbonyl (C=O) groups excluding carboxylic acids is 1. The minimum absolute atomic E-state index is 0.212. The maximum absolute atomic E-state index is 11.5. The van der Waals surface area contributed by atoms with E-state index in [2.05, 4.69) is 18.8 Å².